The minimum absolute atomic E-state index is 0.227. The molecule has 0 aliphatic heterocycles. The van der Waals surface area contributed by atoms with Crippen LogP contribution in [-0.2, 0) is 4.74 Å². The highest BCUT2D eigenvalue weighted by Crippen LogP contribution is 2.30. The van der Waals surface area contributed by atoms with Crippen molar-refractivity contribution in [1.29, 1.82) is 0 Å². The molecule has 0 aromatic carbocycles. The Kier molecular flexibility index (Phi) is 2.69. The zero-order valence-corrected chi connectivity index (χ0v) is 6.84. The molecule has 2 heteroatoms. The number of nitrogens with two attached hydrogens (primary N) is 1. The van der Waals surface area contributed by atoms with E-state index < -0.39 is 0 Å². The van der Waals surface area contributed by atoms with Crippen LogP contribution in [0.4, 0.5) is 0 Å². The van der Waals surface area contributed by atoms with E-state index >= 15 is 0 Å². The highest BCUT2D eigenvalue weighted by atomic mass is 16.5. The Labute approximate surface area is 62.7 Å². The van der Waals surface area contributed by atoms with Crippen molar-refractivity contribution < 1.29 is 4.74 Å². The third-order valence-electron chi connectivity index (χ3n) is 2.61. The van der Waals surface area contributed by atoms with Gasteiger partial charge in [-0.25, -0.2) is 0 Å². The van der Waals surface area contributed by atoms with Crippen LogP contribution < -0.4 is 5.73 Å². The number of rotatable bonds is 3. The first-order valence-corrected chi connectivity index (χ1v) is 4.04. The van der Waals surface area contributed by atoms with Crippen molar-refractivity contribution in [2.75, 3.05) is 7.11 Å². The van der Waals surface area contributed by atoms with Crippen LogP contribution in [0.15, 0.2) is 0 Å². The highest BCUT2D eigenvalue weighted by Gasteiger charge is 2.27. The van der Waals surface area contributed by atoms with Crippen LogP contribution in [0, 0.1) is 5.92 Å². The van der Waals surface area contributed by atoms with Gasteiger partial charge in [-0.05, 0) is 25.7 Å². The van der Waals surface area contributed by atoms with Gasteiger partial charge in [0.2, 0.25) is 0 Å². The lowest BCUT2D eigenvalue weighted by Gasteiger charge is -2.34. The molecule has 2 atom stereocenters. The molecule has 0 aromatic heterocycles. The van der Waals surface area contributed by atoms with Crippen molar-refractivity contribution >= 4 is 0 Å². The van der Waals surface area contributed by atoms with Crippen molar-refractivity contribution in [1.82, 2.24) is 0 Å². The van der Waals surface area contributed by atoms with Crippen molar-refractivity contribution in [3.63, 3.8) is 0 Å². The van der Waals surface area contributed by atoms with E-state index in [0.29, 0.717) is 0 Å². The fourth-order valence-electron chi connectivity index (χ4n) is 1.37. The average Bonchev–Trinajstić information content (AvgIpc) is 1.82. The molecule has 0 heterocycles. The molecular weight excluding hydrogens is 126 g/mol. The second kappa shape index (κ2) is 3.35. The van der Waals surface area contributed by atoms with E-state index in [2.05, 4.69) is 0 Å². The third kappa shape index (κ3) is 1.50. The van der Waals surface area contributed by atoms with Gasteiger partial charge in [-0.3, -0.25) is 0 Å². The van der Waals surface area contributed by atoms with Gasteiger partial charge in [0, 0.05) is 13.2 Å². The first kappa shape index (κ1) is 8.02. The minimum atomic E-state index is 0.227. The summed E-state index contributed by atoms with van der Waals surface area (Å²) in [5.74, 6) is 0.731. The van der Waals surface area contributed by atoms with Gasteiger partial charge in [0.1, 0.15) is 0 Å². The molecule has 0 spiro atoms. The Balaban J connectivity index is 2.24. The van der Waals surface area contributed by atoms with Gasteiger partial charge in [-0.2, -0.15) is 0 Å². The van der Waals surface area contributed by atoms with Crippen molar-refractivity contribution in [3.05, 3.63) is 0 Å². The second-order valence-corrected chi connectivity index (χ2v) is 3.21. The Morgan fingerprint density at radius 2 is 2.10 bits per heavy atom. The van der Waals surface area contributed by atoms with E-state index in [9.17, 15) is 0 Å². The quantitative estimate of drug-likeness (QED) is 0.643. The van der Waals surface area contributed by atoms with E-state index in [-0.39, 0.29) is 12.1 Å². The molecule has 0 radical (unpaired) electrons. The fraction of sp³-hybridized carbons (Fsp3) is 1.00. The normalized spacial score (nSPS) is 25.5. The highest BCUT2D eigenvalue weighted by molar-refractivity contribution is 4.83. The predicted octanol–water partition coefficient (Wildman–Crippen LogP) is 1.15. The summed E-state index contributed by atoms with van der Waals surface area (Å²) in [4.78, 5) is 0. The summed E-state index contributed by atoms with van der Waals surface area (Å²) in [5.41, 5.74) is 5.91. The van der Waals surface area contributed by atoms with E-state index in [1.165, 1.54) is 19.3 Å². The Hall–Kier alpha value is -0.0800. The lowest BCUT2D eigenvalue weighted by Crippen LogP contribution is -2.43. The van der Waals surface area contributed by atoms with Crippen LogP contribution >= 0.6 is 0 Å². The van der Waals surface area contributed by atoms with Gasteiger partial charge in [-0.1, -0.05) is 6.42 Å². The summed E-state index contributed by atoms with van der Waals surface area (Å²) in [6.45, 7) is 2.04. The number of hydrogen-bond acceptors (Lipinski definition) is 2. The molecule has 0 amide bonds. The van der Waals surface area contributed by atoms with Gasteiger partial charge in [0.15, 0.2) is 0 Å². The molecule has 1 aliphatic rings. The van der Waals surface area contributed by atoms with E-state index in [1.807, 2.05) is 6.92 Å². The zero-order valence-electron chi connectivity index (χ0n) is 6.84. The summed E-state index contributed by atoms with van der Waals surface area (Å²) in [6.07, 6.45) is 4.18. The monoisotopic (exact) mass is 143 g/mol. The standard InChI is InChI=1S/C8H17NO/c1-6(10-2)8(9)7-4-3-5-7/h6-8H,3-5,9H2,1-2H3. The molecule has 2 unspecified atom stereocenters. The van der Waals surface area contributed by atoms with E-state index in [4.69, 9.17) is 10.5 Å². The largest absolute Gasteiger partial charge is 0.380 e. The summed E-state index contributed by atoms with van der Waals surface area (Å²) >= 11 is 0. The SMILES string of the molecule is COC(C)C(N)C1CCC1. The van der Waals surface area contributed by atoms with Crippen LogP contribution in [0.5, 0.6) is 0 Å². The minimum Gasteiger partial charge on any atom is -0.380 e. The maximum Gasteiger partial charge on any atom is 0.0696 e. The van der Waals surface area contributed by atoms with E-state index in [1.54, 1.807) is 7.11 Å². The first-order chi connectivity index (χ1) is 4.75. The summed E-state index contributed by atoms with van der Waals surface area (Å²) in [6, 6.07) is 0.263. The van der Waals surface area contributed by atoms with Crippen molar-refractivity contribution in [2.24, 2.45) is 11.7 Å². The van der Waals surface area contributed by atoms with E-state index in [0.717, 1.165) is 5.92 Å². The molecule has 1 fully saturated rings. The topological polar surface area (TPSA) is 35.2 Å². The third-order valence-corrected chi connectivity index (χ3v) is 2.61. The molecule has 2 N–H and O–H groups in total. The number of ether oxygens (including phenoxy) is 1. The number of hydrogen-bond donors (Lipinski definition) is 1. The molecule has 1 rings (SSSR count). The first-order valence-electron chi connectivity index (χ1n) is 4.04. The van der Waals surface area contributed by atoms with Crippen LogP contribution in [0.25, 0.3) is 0 Å². The molecule has 1 saturated carbocycles. The Bertz CT molecular complexity index is 96.7. The number of methoxy groups -OCH3 is 1. The predicted molar refractivity (Wildman–Crippen MR) is 41.8 cm³/mol. The summed E-state index contributed by atoms with van der Waals surface area (Å²) in [5, 5.41) is 0. The maximum absolute atomic E-state index is 5.91. The smallest absolute Gasteiger partial charge is 0.0696 e. The molecule has 0 aromatic rings. The van der Waals surface area contributed by atoms with Crippen molar-refractivity contribution in [2.45, 2.75) is 38.3 Å². The molecule has 2 nitrogen and oxygen atoms in total. The van der Waals surface area contributed by atoms with Crippen LogP contribution in [-0.4, -0.2) is 19.3 Å². The maximum atomic E-state index is 5.91. The lowest BCUT2D eigenvalue weighted by molar-refractivity contribution is 0.0584. The molecule has 1 aliphatic carbocycles. The van der Waals surface area contributed by atoms with Crippen LogP contribution in [0.1, 0.15) is 26.2 Å². The average molecular weight is 143 g/mol. The van der Waals surface area contributed by atoms with Gasteiger partial charge >= 0.3 is 0 Å². The Morgan fingerprint density at radius 3 is 2.40 bits per heavy atom. The van der Waals surface area contributed by atoms with Gasteiger partial charge < -0.3 is 10.5 Å². The van der Waals surface area contributed by atoms with Crippen molar-refractivity contribution in [3.8, 4) is 0 Å². The van der Waals surface area contributed by atoms with Crippen LogP contribution in [0.2, 0.25) is 0 Å². The fourth-order valence-corrected chi connectivity index (χ4v) is 1.37. The van der Waals surface area contributed by atoms with Gasteiger partial charge in [-0.15, -0.1) is 0 Å². The summed E-state index contributed by atoms with van der Waals surface area (Å²) in [7, 11) is 1.73. The molecule has 60 valence electrons. The second-order valence-electron chi connectivity index (χ2n) is 3.21. The van der Waals surface area contributed by atoms with Crippen LogP contribution in [0.3, 0.4) is 0 Å². The van der Waals surface area contributed by atoms with Gasteiger partial charge in [0.25, 0.3) is 0 Å². The molecule has 0 saturated heterocycles. The molecular formula is C8H17NO. The Morgan fingerprint density at radius 1 is 1.50 bits per heavy atom. The molecule has 10 heavy (non-hydrogen) atoms. The summed E-state index contributed by atoms with van der Waals surface area (Å²) < 4.78 is 5.14. The van der Waals surface area contributed by atoms with Gasteiger partial charge in [0.05, 0.1) is 6.10 Å². The molecule has 0 bridgehead atoms. The zero-order chi connectivity index (χ0) is 7.56. The lowest BCUT2D eigenvalue weighted by atomic mass is 9.78.